The van der Waals surface area contributed by atoms with E-state index < -0.39 is 7.26 Å². The number of ether oxygens (including phenoxy) is 2. The summed E-state index contributed by atoms with van der Waals surface area (Å²) >= 11 is 0. The van der Waals surface area contributed by atoms with Gasteiger partial charge in [0.1, 0.15) is 0 Å². The molecule has 0 saturated heterocycles. The van der Waals surface area contributed by atoms with Gasteiger partial charge in [0, 0.05) is 40.5 Å². The van der Waals surface area contributed by atoms with Gasteiger partial charge in [-0.1, -0.05) is 32.4 Å². The SMILES string of the molecule is CCCOC(CCCCC/C=C\CCC[P+](C)(C)C)OCCC.[Cl-]. The molecule has 0 aliphatic heterocycles. The predicted octanol–water partition coefficient (Wildman–Crippen LogP) is 3.36. The Balaban J connectivity index is 0. The van der Waals surface area contributed by atoms with Crippen LogP contribution in [0.5, 0.6) is 0 Å². The van der Waals surface area contributed by atoms with Gasteiger partial charge < -0.3 is 21.9 Å². The third kappa shape index (κ3) is 20.4. The summed E-state index contributed by atoms with van der Waals surface area (Å²) in [6.07, 6.45) is 17.0. The van der Waals surface area contributed by atoms with Crippen LogP contribution in [0.3, 0.4) is 0 Å². The van der Waals surface area contributed by atoms with Crippen molar-refractivity contribution in [3.05, 3.63) is 12.2 Å². The summed E-state index contributed by atoms with van der Waals surface area (Å²) in [6.45, 7) is 13.2. The van der Waals surface area contributed by atoms with Crippen molar-refractivity contribution >= 4 is 7.26 Å². The molecule has 0 N–H and O–H groups in total. The number of unbranched alkanes of at least 4 members (excludes halogenated alkanes) is 4. The maximum absolute atomic E-state index is 5.76. The summed E-state index contributed by atoms with van der Waals surface area (Å²) < 4.78 is 11.5. The van der Waals surface area contributed by atoms with Crippen LogP contribution in [0.15, 0.2) is 12.2 Å². The van der Waals surface area contributed by atoms with Crippen molar-refractivity contribution in [1.29, 1.82) is 0 Å². The van der Waals surface area contributed by atoms with Crippen molar-refractivity contribution in [2.45, 2.75) is 77.9 Å². The summed E-state index contributed by atoms with van der Waals surface area (Å²) in [5, 5.41) is 0. The zero-order chi connectivity index (χ0) is 17.4. The lowest BCUT2D eigenvalue weighted by molar-refractivity contribution is -0.146. The van der Waals surface area contributed by atoms with Crippen LogP contribution >= 0.6 is 7.26 Å². The monoisotopic (exact) mass is 380 g/mol. The van der Waals surface area contributed by atoms with Crippen molar-refractivity contribution in [2.75, 3.05) is 39.4 Å². The van der Waals surface area contributed by atoms with Gasteiger partial charge in [-0.25, -0.2) is 0 Å². The molecular formula is C20H42ClO2P. The van der Waals surface area contributed by atoms with Crippen molar-refractivity contribution in [3.63, 3.8) is 0 Å². The van der Waals surface area contributed by atoms with Gasteiger partial charge in [0.2, 0.25) is 0 Å². The van der Waals surface area contributed by atoms with Crippen LogP contribution < -0.4 is 12.4 Å². The zero-order valence-corrected chi connectivity index (χ0v) is 18.5. The second-order valence-corrected chi connectivity index (χ2v) is 12.5. The van der Waals surface area contributed by atoms with Gasteiger partial charge in [-0.3, -0.25) is 0 Å². The first-order valence-corrected chi connectivity index (χ1v) is 13.0. The van der Waals surface area contributed by atoms with Crippen LogP contribution in [0, 0.1) is 0 Å². The molecule has 0 aromatic heterocycles. The van der Waals surface area contributed by atoms with E-state index in [2.05, 4.69) is 46.0 Å². The van der Waals surface area contributed by atoms with Crippen molar-refractivity contribution in [1.82, 2.24) is 0 Å². The topological polar surface area (TPSA) is 18.5 Å². The lowest BCUT2D eigenvalue weighted by Gasteiger charge is -2.17. The standard InChI is InChI=1S/C20H42O2P.ClH/c1-6-17-21-20(22-18-7-2)16-14-12-10-8-9-11-13-15-19-23(3,4)5;/h9,11,20H,6-8,10,12-19H2,1-5H3;1H/q+1;/p-1/b11-9-;. The Bertz CT molecular complexity index is 269. The van der Waals surface area contributed by atoms with Gasteiger partial charge in [0.15, 0.2) is 6.29 Å². The molecule has 146 valence electrons. The Kier molecular flexibility index (Phi) is 20.2. The summed E-state index contributed by atoms with van der Waals surface area (Å²) in [5.41, 5.74) is 0. The molecule has 2 nitrogen and oxygen atoms in total. The lowest BCUT2D eigenvalue weighted by Crippen LogP contribution is -3.00. The molecule has 0 heterocycles. The van der Waals surface area contributed by atoms with E-state index in [4.69, 9.17) is 9.47 Å². The van der Waals surface area contributed by atoms with E-state index in [1.165, 1.54) is 44.7 Å². The smallest absolute Gasteiger partial charge is 0.157 e. The van der Waals surface area contributed by atoms with E-state index in [9.17, 15) is 0 Å². The summed E-state index contributed by atoms with van der Waals surface area (Å²) in [4.78, 5) is 0. The van der Waals surface area contributed by atoms with Gasteiger partial charge in [0.05, 0.1) is 6.16 Å². The highest BCUT2D eigenvalue weighted by molar-refractivity contribution is 7.73. The van der Waals surface area contributed by atoms with E-state index >= 15 is 0 Å². The highest BCUT2D eigenvalue weighted by Gasteiger charge is 2.14. The molecule has 4 heteroatoms. The highest BCUT2D eigenvalue weighted by Crippen LogP contribution is 2.47. The Labute approximate surface area is 158 Å². The molecule has 0 radical (unpaired) electrons. The molecule has 0 aliphatic rings. The van der Waals surface area contributed by atoms with E-state index in [1.807, 2.05) is 0 Å². The number of hydrogen-bond acceptors (Lipinski definition) is 2. The molecular weight excluding hydrogens is 339 g/mol. The Morgan fingerprint density at radius 1 is 0.792 bits per heavy atom. The molecule has 0 fully saturated rings. The maximum Gasteiger partial charge on any atom is 0.157 e. The third-order valence-electron chi connectivity index (χ3n) is 3.69. The minimum atomic E-state index is -0.570. The van der Waals surface area contributed by atoms with Gasteiger partial charge >= 0.3 is 0 Å². The van der Waals surface area contributed by atoms with E-state index in [0.717, 1.165) is 32.5 Å². The first-order valence-electron chi connectivity index (χ1n) is 9.68. The van der Waals surface area contributed by atoms with Crippen LogP contribution in [0.2, 0.25) is 0 Å². The molecule has 24 heavy (non-hydrogen) atoms. The van der Waals surface area contributed by atoms with Crippen LogP contribution in [0.1, 0.15) is 71.6 Å². The molecule has 0 atom stereocenters. The van der Waals surface area contributed by atoms with E-state index in [-0.39, 0.29) is 18.7 Å². The van der Waals surface area contributed by atoms with Crippen molar-refractivity contribution in [3.8, 4) is 0 Å². The minimum Gasteiger partial charge on any atom is -1.00 e. The summed E-state index contributed by atoms with van der Waals surface area (Å²) in [7, 11) is -0.570. The van der Waals surface area contributed by atoms with Gasteiger partial charge in [0.25, 0.3) is 0 Å². The molecule has 0 rings (SSSR count). The molecule has 0 unspecified atom stereocenters. The van der Waals surface area contributed by atoms with Gasteiger partial charge in [-0.2, -0.15) is 0 Å². The average molecular weight is 381 g/mol. The Morgan fingerprint density at radius 2 is 1.33 bits per heavy atom. The summed E-state index contributed by atoms with van der Waals surface area (Å²) in [6, 6.07) is 0. The second kappa shape index (κ2) is 18.2. The first kappa shape index (κ1) is 26.6. The number of hydrogen-bond donors (Lipinski definition) is 0. The highest BCUT2D eigenvalue weighted by atomic mass is 35.5. The largest absolute Gasteiger partial charge is 1.00 e. The van der Waals surface area contributed by atoms with Crippen LogP contribution in [0.25, 0.3) is 0 Å². The fraction of sp³-hybridized carbons (Fsp3) is 0.900. The molecule has 0 amide bonds. The van der Waals surface area contributed by atoms with Crippen molar-refractivity contribution in [2.24, 2.45) is 0 Å². The normalized spacial score (nSPS) is 12.1. The first-order chi connectivity index (χ1) is 11.0. The molecule has 0 bridgehead atoms. The van der Waals surface area contributed by atoms with Crippen LogP contribution in [0.4, 0.5) is 0 Å². The quantitative estimate of drug-likeness (QED) is 0.177. The molecule has 0 spiro atoms. The molecule has 0 saturated carbocycles. The maximum atomic E-state index is 5.76. The molecule has 0 aliphatic carbocycles. The number of rotatable bonds is 16. The molecule has 0 aromatic carbocycles. The van der Waals surface area contributed by atoms with E-state index in [1.54, 1.807) is 0 Å². The zero-order valence-electron chi connectivity index (χ0n) is 16.9. The van der Waals surface area contributed by atoms with Gasteiger partial charge in [-0.15, -0.1) is 0 Å². The average Bonchev–Trinajstić information content (AvgIpc) is 2.49. The third-order valence-corrected chi connectivity index (χ3v) is 5.35. The number of allylic oxidation sites excluding steroid dienone is 2. The predicted molar refractivity (Wildman–Crippen MR) is 107 cm³/mol. The lowest BCUT2D eigenvalue weighted by atomic mass is 10.1. The second-order valence-electron chi connectivity index (χ2n) is 7.44. The fourth-order valence-electron chi connectivity index (χ4n) is 2.38. The Morgan fingerprint density at radius 3 is 1.83 bits per heavy atom. The summed E-state index contributed by atoms with van der Waals surface area (Å²) in [5.74, 6) is 0. The fourth-order valence-corrected chi connectivity index (χ4v) is 3.51. The van der Waals surface area contributed by atoms with Crippen LogP contribution in [-0.2, 0) is 9.47 Å². The van der Waals surface area contributed by atoms with E-state index in [0.29, 0.717) is 0 Å². The van der Waals surface area contributed by atoms with Crippen LogP contribution in [-0.4, -0.2) is 45.7 Å². The van der Waals surface area contributed by atoms with Gasteiger partial charge in [-0.05, 0) is 51.4 Å². The van der Waals surface area contributed by atoms with Crippen molar-refractivity contribution < 1.29 is 21.9 Å². The minimum absolute atomic E-state index is 0. The molecule has 0 aromatic rings. The number of halogens is 1. The Hall–Kier alpha value is 0.380.